The number of aromatic nitrogens is 1. The Hall–Kier alpha value is -2.23. The molecule has 0 spiro atoms. The highest BCUT2D eigenvalue weighted by Gasteiger charge is 2.08. The van der Waals surface area contributed by atoms with E-state index in [1.165, 1.54) is 0 Å². The third-order valence-corrected chi connectivity index (χ3v) is 3.28. The van der Waals surface area contributed by atoms with Crippen molar-refractivity contribution in [2.24, 2.45) is 0 Å². The number of pyridine rings is 1. The molecule has 0 saturated carbocycles. The van der Waals surface area contributed by atoms with E-state index in [4.69, 9.17) is 5.73 Å². The Morgan fingerprint density at radius 3 is 2.55 bits per heavy atom. The van der Waals surface area contributed by atoms with E-state index in [2.05, 4.69) is 11.8 Å². The summed E-state index contributed by atoms with van der Waals surface area (Å²) in [6.45, 7) is 4.50. The lowest BCUT2D eigenvalue weighted by Gasteiger charge is -2.26. The molecular weight excluding hydrogens is 250 g/mol. The van der Waals surface area contributed by atoms with Gasteiger partial charge in [-0.3, -0.25) is 4.79 Å². The molecule has 0 fully saturated rings. The Labute approximate surface area is 119 Å². The van der Waals surface area contributed by atoms with Crippen LogP contribution in [0.2, 0.25) is 0 Å². The van der Waals surface area contributed by atoms with Crippen molar-refractivity contribution in [1.29, 1.82) is 0 Å². The van der Waals surface area contributed by atoms with Crippen LogP contribution in [-0.4, -0.2) is 17.7 Å². The highest BCUT2D eigenvalue weighted by atomic mass is 16.1. The lowest BCUT2D eigenvalue weighted by Crippen LogP contribution is -2.31. The molecule has 106 valence electrons. The molecule has 4 nitrogen and oxygen atoms in total. The van der Waals surface area contributed by atoms with Crippen molar-refractivity contribution < 1.29 is 0 Å². The van der Waals surface area contributed by atoms with Crippen LogP contribution in [0.3, 0.4) is 0 Å². The molecule has 2 aromatic rings. The predicted molar refractivity (Wildman–Crippen MR) is 84.1 cm³/mol. The van der Waals surface area contributed by atoms with Crippen LogP contribution in [0.25, 0.3) is 0 Å². The molecule has 0 bridgehead atoms. The summed E-state index contributed by atoms with van der Waals surface area (Å²) in [4.78, 5) is 13.9. The van der Waals surface area contributed by atoms with E-state index in [-0.39, 0.29) is 5.56 Å². The van der Waals surface area contributed by atoms with Crippen LogP contribution in [0, 0.1) is 0 Å². The van der Waals surface area contributed by atoms with E-state index < -0.39 is 0 Å². The van der Waals surface area contributed by atoms with Crippen LogP contribution in [0.1, 0.15) is 13.3 Å². The standard InChI is InChI=1S/C16H21N3O/c1-2-10-18(15-8-4-3-7-14(15)17)12-13-19-11-6-5-9-16(19)20/h3-9,11H,2,10,12-13,17H2,1H3. The number of anilines is 2. The third kappa shape index (κ3) is 3.41. The fourth-order valence-corrected chi connectivity index (χ4v) is 2.27. The topological polar surface area (TPSA) is 51.3 Å². The van der Waals surface area contributed by atoms with Gasteiger partial charge in [0.25, 0.3) is 5.56 Å². The summed E-state index contributed by atoms with van der Waals surface area (Å²) in [5, 5.41) is 0. The molecule has 0 atom stereocenters. The Kier molecular flexibility index (Phi) is 4.82. The van der Waals surface area contributed by atoms with Gasteiger partial charge in [-0.1, -0.05) is 25.1 Å². The molecule has 0 radical (unpaired) electrons. The number of para-hydroxylation sites is 2. The lowest BCUT2D eigenvalue weighted by atomic mass is 10.2. The maximum absolute atomic E-state index is 11.7. The van der Waals surface area contributed by atoms with E-state index in [1.807, 2.05) is 36.5 Å². The number of nitrogen functional groups attached to an aromatic ring is 1. The Morgan fingerprint density at radius 2 is 1.85 bits per heavy atom. The van der Waals surface area contributed by atoms with Crippen LogP contribution < -0.4 is 16.2 Å². The minimum atomic E-state index is 0.0324. The van der Waals surface area contributed by atoms with Gasteiger partial charge in [0.1, 0.15) is 0 Å². The van der Waals surface area contributed by atoms with Crippen LogP contribution in [0.4, 0.5) is 11.4 Å². The van der Waals surface area contributed by atoms with Crippen molar-refractivity contribution in [3.05, 3.63) is 59.0 Å². The first-order chi connectivity index (χ1) is 9.72. The summed E-state index contributed by atoms with van der Waals surface area (Å²) >= 11 is 0. The summed E-state index contributed by atoms with van der Waals surface area (Å²) in [6, 6.07) is 13.1. The van der Waals surface area contributed by atoms with Crippen LogP contribution >= 0.6 is 0 Å². The van der Waals surface area contributed by atoms with E-state index in [9.17, 15) is 4.79 Å². The van der Waals surface area contributed by atoms with Crippen molar-refractivity contribution in [3.63, 3.8) is 0 Å². The largest absolute Gasteiger partial charge is 0.397 e. The van der Waals surface area contributed by atoms with Crippen molar-refractivity contribution in [2.75, 3.05) is 23.7 Å². The average molecular weight is 271 g/mol. The summed E-state index contributed by atoms with van der Waals surface area (Å²) in [5.41, 5.74) is 7.89. The van der Waals surface area contributed by atoms with Crippen molar-refractivity contribution in [1.82, 2.24) is 4.57 Å². The van der Waals surface area contributed by atoms with Crippen molar-refractivity contribution in [3.8, 4) is 0 Å². The molecule has 1 aromatic carbocycles. The summed E-state index contributed by atoms with van der Waals surface area (Å²) in [5.74, 6) is 0. The summed E-state index contributed by atoms with van der Waals surface area (Å²) in [7, 11) is 0. The molecule has 1 heterocycles. The van der Waals surface area contributed by atoms with Gasteiger partial charge in [-0.2, -0.15) is 0 Å². The maximum atomic E-state index is 11.7. The molecule has 1 aromatic heterocycles. The van der Waals surface area contributed by atoms with Crippen molar-refractivity contribution in [2.45, 2.75) is 19.9 Å². The van der Waals surface area contributed by atoms with Gasteiger partial charge in [-0.05, 0) is 24.6 Å². The maximum Gasteiger partial charge on any atom is 0.250 e. The SMILES string of the molecule is CCCN(CCn1ccccc1=O)c1ccccc1N. The number of rotatable bonds is 6. The minimum Gasteiger partial charge on any atom is -0.397 e. The molecule has 20 heavy (non-hydrogen) atoms. The average Bonchev–Trinajstić information content (AvgIpc) is 2.46. The number of nitrogens with two attached hydrogens (primary N) is 1. The number of hydrogen-bond acceptors (Lipinski definition) is 3. The van der Waals surface area contributed by atoms with Crippen molar-refractivity contribution >= 4 is 11.4 Å². The molecule has 0 amide bonds. The molecule has 4 heteroatoms. The van der Waals surface area contributed by atoms with Gasteiger partial charge in [-0.15, -0.1) is 0 Å². The van der Waals surface area contributed by atoms with Gasteiger partial charge in [0.2, 0.25) is 0 Å². The number of benzene rings is 1. The molecule has 0 aliphatic rings. The van der Waals surface area contributed by atoms with Crippen LogP contribution in [-0.2, 0) is 6.54 Å². The zero-order chi connectivity index (χ0) is 14.4. The second-order valence-corrected chi connectivity index (χ2v) is 4.78. The second-order valence-electron chi connectivity index (χ2n) is 4.78. The molecule has 0 unspecified atom stereocenters. The third-order valence-electron chi connectivity index (χ3n) is 3.28. The van der Waals surface area contributed by atoms with Crippen LogP contribution in [0.15, 0.2) is 53.5 Å². The molecule has 2 N–H and O–H groups in total. The number of hydrogen-bond donors (Lipinski definition) is 1. The monoisotopic (exact) mass is 271 g/mol. The smallest absolute Gasteiger partial charge is 0.250 e. The fourth-order valence-electron chi connectivity index (χ4n) is 2.27. The number of nitrogens with zero attached hydrogens (tertiary/aromatic N) is 2. The van der Waals surface area contributed by atoms with E-state index in [0.29, 0.717) is 6.54 Å². The van der Waals surface area contributed by atoms with E-state index in [1.54, 1.807) is 16.7 Å². The van der Waals surface area contributed by atoms with Gasteiger partial charge in [0, 0.05) is 31.9 Å². The predicted octanol–water partition coefficient (Wildman–Crippen LogP) is 2.35. The van der Waals surface area contributed by atoms with Gasteiger partial charge in [0.05, 0.1) is 11.4 Å². The molecular formula is C16H21N3O. The lowest BCUT2D eigenvalue weighted by molar-refractivity contribution is 0.633. The Bertz CT molecular complexity index is 606. The normalized spacial score (nSPS) is 10.4. The van der Waals surface area contributed by atoms with Gasteiger partial charge in [0.15, 0.2) is 0 Å². The highest BCUT2D eigenvalue weighted by Crippen LogP contribution is 2.22. The molecule has 2 rings (SSSR count). The van der Waals surface area contributed by atoms with E-state index in [0.717, 1.165) is 30.9 Å². The first-order valence-electron chi connectivity index (χ1n) is 6.97. The Balaban J connectivity index is 2.13. The first-order valence-corrected chi connectivity index (χ1v) is 6.97. The molecule has 0 saturated heterocycles. The summed E-state index contributed by atoms with van der Waals surface area (Å²) < 4.78 is 1.72. The second kappa shape index (κ2) is 6.80. The minimum absolute atomic E-state index is 0.0324. The molecule has 0 aliphatic carbocycles. The van der Waals surface area contributed by atoms with Gasteiger partial charge < -0.3 is 15.2 Å². The zero-order valence-electron chi connectivity index (χ0n) is 11.8. The van der Waals surface area contributed by atoms with Crippen LogP contribution in [0.5, 0.6) is 0 Å². The Morgan fingerprint density at radius 1 is 1.10 bits per heavy atom. The zero-order valence-corrected chi connectivity index (χ0v) is 11.8. The van der Waals surface area contributed by atoms with E-state index >= 15 is 0 Å². The highest BCUT2D eigenvalue weighted by molar-refractivity contribution is 5.67. The molecule has 0 aliphatic heterocycles. The first kappa shape index (κ1) is 14.2. The fraction of sp³-hybridized carbons (Fsp3) is 0.312. The van der Waals surface area contributed by atoms with Gasteiger partial charge >= 0.3 is 0 Å². The summed E-state index contributed by atoms with van der Waals surface area (Å²) in [6.07, 6.45) is 2.86. The quantitative estimate of drug-likeness (QED) is 0.820. The van der Waals surface area contributed by atoms with Gasteiger partial charge in [-0.25, -0.2) is 0 Å².